The van der Waals surface area contributed by atoms with Crippen molar-refractivity contribution in [1.82, 2.24) is 5.43 Å². The molecule has 11 nitrogen and oxygen atoms in total. The lowest BCUT2D eigenvalue weighted by Crippen LogP contribution is -2.27. The highest BCUT2D eigenvalue weighted by molar-refractivity contribution is 9.10. The van der Waals surface area contributed by atoms with Crippen LogP contribution in [0.25, 0.3) is 4.98 Å². The van der Waals surface area contributed by atoms with Crippen molar-refractivity contribution in [3.05, 3.63) is 85.6 Å². The predicted octanol–water partition coefficient (Wildman–Crippen LogP) is 5.96. The quantitative estimate of drug-likeness (QED) is 0.117. The average molecular weight is 696 g/mol. The monoisotopic (exact) mass is 694 g/mol. The van der Waals surface area contributed by atoms with Crippen LogP contribution in [-0.4, -0.2) is 36.2 Å². The molecule has 0 heterocycles. The number of allylic oxidation sites excluding steroid dienone is 2. The van der Waals surface area contributed by atoms with Crippen molar-refractivity contribution < 1.29 is 34.1 Å². The molecule has 2 aromatic rings. The summed E-state index contributed by atoms with van der Waals surface area (Å²) in [6.45, 7) is 4.02. The van der Waals surface area contributed by atoms with Crippen molar-refractivity contribution in [2.45, 2.75) is 46.0 Å². The summed E-state index contributed by atoms with van der Waals surface area (Å²) < 4.78 is 11.4. The largest absolute Gasteiger partial charge is 0.875 e. The SMILES string of the molecule is CCOC(=O)/C(=C\CCC(=O)O)NNc1cccc(Br)c1.CCOC(=O)C1=C([O-])CCC1.N#[N+]c1cccc(Br)c1. The van der Waals surface area contributed by atoms with Gasteiger partial charge < -0.3 is 25.1 Å². The van der Waals surface area contributed by atoms with E-state index in [9.17, 15) is 19.5 Å². The van der Waals surface area contributed by atoms with Crippen LogP contribution in [0.3, 0.4) is 0 Å². The lowest BCUT2D eigenvalue weighted by Gasteiger charge is -2.12. The number of carboxylic acid groups (broad SMARTS) is 1. The molecule has 13 heteroatoms. The fourth-order valence-electron chi connectivity index (χ4n) is 3.13. The van der Waals surface area contributed by atoms with Gasteiger partial charge >= 0.3 is 23.6 Å². The Labute approximate surface area is 255 Å². The second kappa shape index (κ2) is 20.1. The number of benzene rings is 2. The molecule has 0 saturated carbocycles. The molecule has 220 valence electrons. The number of nitrogens with zero attached hydrogens (tertiary/aromatic N) is 2. The lowest BCUT2D eigenvalue weighted by molar-refractivity contribution is -0.306. The Balaban J connectivity index is 0.000000348. The third kappa shape index (κ3) is 14.9. The summed E-state index contributed by atoms with van der Waals surface area (Å²) in [5, 5.41) is 27.8. The average Bonchev–Trinajstić information content (AvgIpc) is 3.37. The fourth-order valence-corrected chi connectivity index (χ4v) is 3.91. The molecule has 41 heavy (non-hydrogen) atoms. The summed E-state index contributed by atoms with van der Waals surface area (Å²) in [5.41, 5.74) is 7.45. The minimum absolute atomic E-state index is 0.0385. The topological polar surface area (TPSA) is 165 Å². The summed E-state index contributed by atoms with van der Waals surface area (Å²) in [6.07, 6.45) is 3.58. The number of ether oxygens (including phenoxy) is 2. The highest BCUT2D eigenvalue weighted by atomic mass is 79.9. The Bertz CT molecular complexity index is 1280. The van der Waals surface area contributed by atoms with Crippen molar-refractivity contribution in [3.63, 3.8) is 0 Å². The van der Waals surface area contributed by atoms with Crippen LogP contribution in [0.1, 0.15) is 46.0 Å². The van der Waals surface area contributed by atoms with Gasteiger partial charge in [0.05, 0.1) is 18.9 Å². The number of halogens is 2. The van der Waals surface area contributed by atoms with Gasteiger partial charge in [0.25, 0.3) is 0 Å². The molecule has 1 aliphatic rings. The van der Waals surface area contributed by atoms with Crippen molar-refractivity contribution in [3.8, 4) is 0 Å². The van der Waals surface area contributed by atoms with Gasteiger partial charge in [-0.1, -0.05) is 50.1 Å². The Kier molecular flexibility index (Phi) is 17.2. The number of rotatable bonds is 10. The second-order valence-electron chi connectivity index (χ2n) is 8.09. The number of hydrogen-bond donors (Lipinski definition) is 3. The van der Waals surface area contributed by atoms with Crippen LogP contribution in [-0.2, 0) is 23.9 Å². The number of nitrogens with one attached hydrogen (secondary N) is 2. The summed E-state index contributed by atoms with van der Waals surface area (Å²) in [5.74, 6) is -1.92. The minimum atomic E-state index is -0.922. The molecule has 3 rings (SSSR count). The lowest BCUT2D eigenvalue weighted by atomic mass is 10.2. The van der Waals surface area contributed by atoms with Gasteiger partial charge in [-0.2, -0.15) is 0 Å². The van der Waals surface area contributed by atoms with Crippen LogP contribution in [0.2, 0.25) is 0 Å². The van der Waals surface area contributed by atoms with Crippen molar-refractivity contribution in [1.29, 1.82) is 5.39 Å². The number of anilines is 1. The molecule has 0 bridgehead atoms. The zero-order chi connectivity index (χ0) is 30.6. The first-order valence-electron chi connectivity index (χ1n) is 12.6. The van der Waals surface area contributed by atoms with Crippen molar-refractivity contribution in [2.75, 3.05) is 18.6 Å². The molecule has 0 aliphatic heterocycles. The summed E-state index contributed by atoms with van der Waals surface area (Å²) >= 11 is 6.57. The molecule has 0 unspecified atom stereocenters. The van der Waals surface area contributed by atoms with Gasteiger partial charge in [-0.25, -0.2) is 9.59 Å². The Hall–Kier alpha value is -3.89. The predicted molar refractivity (Wildman–Crippen MR) is 159 cm³/mol. The van der Waals surface area contributed by atoms with Crippen LogP contribution < -0.4 is 16.0 Å². The van der Waals surface area contributed by atoms with Crippen LogP contribution >= 0.6 is 31.9 Å². The van der Waals surface area contributed by atoms with E-state index in [2.05, 4.69) is 47.7 Å². The van der Waals surface area contributed by atoms with Crippen molar-refractivity contribution >= 4 is 61.1 Å². The highest BCUT2D eigenvalue weighted by Gasteiger charge is 2.15. The van der Waals surface area contributed by atoms with Gasteiger partial charge in [-0.3, -0.25) is 10.2 Å². The third-order valence-electron chi connectivity index (χ3n) is 4.98. The number of hydrogen-bond acceptors (Lipinski definition) is 9. The van der Waals surface area contributed by atoms with Gasteiger partial charge in [0.15, 0.2) is 4.98 Å². The zero-order valence-electron chi connectivity index (χ0n) is 22.7. The molecule has 0 fully saturated rings. The van der Waals surface area contributed by atoms with E-state index in [0.29, 0.717) is 30.7 Å². The maximum Gasteiger partial charge on any atom is 0.386 e. The maximum absolute atomic E-state index is 11.8. The Morgan fingerprint density at radius 1 is 1.05 bits per heavy atom. The molecule has 2 aromatic carbocycles. The van der Waals surface area contributed by atoms with Crippen LogP contribution in [0.5, 0.6) is 0 Å². The minimum Gasteiger partial charge on any atom is -0.875 e. The normalized spacial score (nSPS) is 12.0. The number of aliphatic carboxylic acids is 1. The zero-order valence-corrected chi connectivity index (χ0v) is 25.9. The van der Waals surface area contributed by atoms with E-state index in [4.69, 9.17) is 20.0 Å². The number of esters is 2. The third-order valence-corrected chi connectivity index (χ3v) is 5.97. The first kappa shape index (κ1) is 35.1. The number of carbonyl (C=O) groups is 3. The number of hydrazine groups is 1. The molecule has 0 aromatic heterocycles. The second-order valence-corrected chi connectivity index (χ2v) is 9.92. The summed E-state index contributed by atoms with van der Waals surface area (Å²) in [4.78, 5) is 36.2. The molecular weight excluding hydrogens is 664 g/mol. The van der Waals surface area contributed by atoms with E-state index in [-0.39, 0.29) is 30.9 Å². The molecule has 0 atom stereocenters. The summed E-state index contributed by atoms with van der Waals surface area (Å²) in [7, 11) is 0. The first-order chi connectivity index (χ1) is 19.6. The maximum atomic E-state index is 11.8. The van der Waals surface area contributed by atoms with Gasteiger partial charge in [0.1, 0.15) is 5.70 Å². The van der Waals surface area contributed by atoms with Gasteiger partial charge in [-0.05, 0) is 63.8 Å². The van der Waals surface area contributed by atoms with Crippen molar-refractivity contribution in [2.24, 2.45) is 0 Å². The number of carboxylic acids is 1. The highest BCUT2D eigenvalue weighted by Crippen LogP contribution is 2.22. The van der Waals surface area contributed by atoms with E-state index >= 15 is 0 Å². The Morgan fingerprint density at radius 2 is 1.71 bits per heavy atom. The fraction of sp³-hybridized carbons (Fsp3) is 0.321. The van der Waals surface area contributed by atoms with Gasteiger partial charge in [-0.15, -0.1) is 5.76 Å². The molecule has 0 radical (unpaired) electrons. The molecule has 0 spiro atoms. The van der Waals surface area contributed by atoms with Crippen LogP contribution in [0.15, 0.2) is 80.6 Å². The molecular formula is C28H32Br2N4O7. The van der Waals surface area contributed by atoms with Gasteiger partial charge in [0, 0.05) is 33.1 Å². The van der Waals surface area contributed by atoms with E-state index in [0.717, 1.165) is 21.1 Å². The van der Waals surface area contributed by atoms with E-state index in [1.54, 1.807) is 32.0 Å². The van der Waals surface area contributed by atoms with E-state index in [1.807, 2.05) is 30.3 Å². The number of carbonyl (C=O) groups excluding carboxylic acids is 2. The van der Waals surface area contributed by atoms with Crippen LogP contribution in [0.4, 0.5) is 11.4 Å². The Morgan fingerprint density at radius 3 is 2.22 bits per heavy atom. The molecule has 3 N–H and O–H groups in total. The first-order valence-corrected chi connectivity index (χ1v) is 14.2. The van der Waals surface area contributed by atoms with E-state index < -0.39 is 17.9 Å². The van der Waals surface area contributed by atoms with Crippen LogP contribution in [0, 0.1) is 5.39 Å². The standard InChI is InChI=1S/C14H17BrN2O4.C8H12O3.C6H4BrN2/c1-2-21-14(20)12(7-4-8-13(18)19)17-16-11-6-3-5-10(15)9-11;1-2-11-8(10)6-4-3-5-7(6)9;7-5-2-1-3-6(4-5)9-8/h3,5-7,9,16-17H,2,4,8H2,1H3,(H,18,19);9H,2-5H2,1H3;1-4H/q;;+1/p-1/b12-7+;;. The van der Waals surface area contributed by atoms with E-state index in [1.165, 1.54) is 6.08 Å². The smallest absolute Gasteiger partial charge is 0.386 e. The van der Waals surface area contributed by atoms with Gasteiger partial charge in [0.2, 0.25) is 5.39 Å². The number of diazo groups is 1. The molecule has 0 saturated heterocycles. The molecule has 0 amide bonds. The molecule has 1 aliphatic carbocycles. The summed E-state index contributed by atoms with van der Waals surface area (Å²) in [6, 6.07) is 14.5.